The zero-order chi connectivity index (χ0) is 14.1. The van der Waals surface area contributed by atoms with Crippen molar-refractivity contribution in [3.05, 3.63) is 0 Å². The first kappa shape index (κ1) is 16.7. The average molecular weight is 258 g/mol. The number of hydrogen-bond acceptors (Lipinski definition) is 2. The van der Waals surface area contributed by atoms with Crippen molar-refractivity contribution in [1.29, 1.82) is 0 Å². The fourth-order valence-corrected chi connectivity index (χ4v) is 1.72. The Bertz CT molecular complexity index is 263. The number of hydrogen-bond donors (Lipinski definition) is 2. The number of aliphatic carboxylic acids is 1. The van der Waals surface area contributed by atoms with E-state index in [1.54, 1.807) is 4.90 Å². The van der Waals surface area contributed by atoms with E-state index >= 15 is 0 Å². The van der Waals surface area contributed by atoms with Crippen LogP contribution >= 0.6 is 0 Å². The maximum atomic E-state index is 12.0. The highest BCUT2D eigenvalue weighted by Gasteiger charge is 2.18. The first-order chi connectivity index (χ1) is 8.42. The van der Waals surface area contributed by atoms with Gasteiger partial charge in [0.15, 0.2) is 0 Å². The van der Waals surface area contributed by atoms with Gasteiger partial charge >= 0.3 is 12.0 Å². The zero-order valence-electron chi connectivity index (χ0n) is 11.9. The van der Waals surface area contributed by atoms with E-state index in [1.165, 1.54) is 0 Å². The molecule has 0 aliphatic carbocycles. The third-order valence-electron chi connectivity index (χ3n) is 3.15. The minimum Gasteiger partial charge on any atom is -0.481 e. The number of urea groups is 1. The molecule has 0 spiro atoms. The van der Waals surface area contributed by atoms with Gasteiger partial charge < -0.3 is 15.3 Å². The van der Waals surface area contributed by atoms with E-state index in [9.17, 15) is 9.59 Å². The maximum absolute atomic E-state index is 12.0. The van der Waals surface area contributed by atoms with Crippen molar-refractivity contribution >= 4 is 12.0 Å². The molecule has 0 saturated carbocycles. The van der Waals surface area contributed by atoms with Crippen LogP contribution in [0.4, 0.5) is 4.79 Å². The molecule has 5 heteroatoms. The van der Waals surface area contributed by atoms with Crippen LogP contribution in [0.2, 0.25) is 0 Å². The van der Waals surface area contributed by atoms with Crippen molar-refractivity contribution in [3.63, 3.8) is 0 Å². The summed E-state index contributed by atoms with van der Waals surface area (Å²) >= 11 is 0. The second-order valence-corrected chi connectivity index (χ2v) is 4.80. The van der Waals surface area contributed by atoms with Gasteiger partial charge in [-0.2, -0.15) is 0 Å². The summed E-state index contributed by atoms with van der Waals surface area (Å²) in [5.41, 5.74) is 0. The van der Waals surface area contributed by atoms with E-state index in [4.69, 9.17) is 5.11 Å². The lowest BCUT2D eigenvalue weighted by atomic mass is 10.0. The minimum atomic E-state index is -0.881. The highest BCUT2D eigenvalue weighted by atomic mass is 16.4. The predicted molar refractivity (Wildman–Crippen MR) is 71.6 cm³/mol. The lowest BCUT2D eigenvalue weighted by Gasteiger charge is -2.27. The van der Waals surface area contributed by atoms with Crippen LogP contribution in [0.15, 0.2) is 0 Å². The Morgan fingerprint density at radius 2 is 1.78 bits per heavy atom. The number of amides is 2. The summed E-state index contributed by atoms with van der Waals surface area (Å²) < 4.78 is 0. The van der Waals surface area contributed by atoms with Crippen LogP contribution in [0.25, 0.3) is 0 Å². The van der Waals surface area contributed by atoms with Crippen molar-refractivity contribution in [2.75, 3.05) is 13.1 Å². The Morgan fingerprint density at radius 1 is 1.22 bits per heavy atom. The van der Waals surface area contributed by atoms with Gasteiger partial charge in [-0.3, -0.25) is 4.79 Å². The summed E-state index contributed by atoms with van der Waals surface area (Å²) in [5.74, 6) is -0.393. The number of nitrogens with one attached hydrogen (secondary N) is 1. The van der Waals surface area contributed by atoms with Gasteiger partial charge in [-0.25, -0.2) is 4.79 Å². The Hall–Kier alpha value is -1.26. The Balaban J connectivity index is 4.26. The van der Waals surface area contributed by atoms with Gasteiger partial charge in [0.25, 0.3) is 0 Å². The van der Waals surface area contributed by atoms with Crippen LogP contribution in [0.3, 0.4) is 0 Å². The largest absolute Gasteiger partial charge is 0.481 e. The topological polar surface area (TPSA) is 69.6 Å². The summed E-state index contributed by atoms with van der Waals surface area (Å²) in [4.78, 5) is 24.1. The molecule has 0 fully saturated rings. The number of carboxylic acids is 1. The first-order valence-electron chi connectivity index (χ1n) is 6.68. The molecule has 5 nitrogen and oxygen atoms in total. The first-order valence-corrected chi connectivity index (χ1v) is 6.68. The lowest BCUT2D eigenvalue weighted by Crippen LogP contribution is -2.46. The highest BCUT2D eigenvalue weighted by Crippen LogP contribution is 2.06. The number of carbonyl (C=O) groups is 2. The molecule has 0 atom stereocenters. The molecule has 2 amide bonds. The van der Waals surface area contributed by atoms with Crippen LogP contribution in [0.5, 0.6) is 0 Å². The molecule has 0 aliphatic heterocycles. The van der Waals surface area contributed by atoms with Crippen LogP contribution in [-0.4, -0.2) is 41.1 Å². The maximum Gasteiger partial charge on any atom is 0.317 e. The van der Waals surface area contributed by atoms with Crippen LogP contribution in [-0.2, 0) is 4.79 Å². The van der Waals surface area contributed by atoms with Crippen molar-refractivity contribution < 1.29 is 14.7 Å². The average Bonchev–Trinajstić information content (AvgIpc) is 2.29. The minimum absolute atomic E-state index is 0.00560. The summed E-state index contributed by atoms with van der Waals surface area (Å²) in [6.45, 7) is 8.89. The standard InChI is InChI=1S/C13H26N2O3/c1-5-11(6-2)9-14-13(18)15(10(3)4)8-7-12(16)17/h10-11H,5-9H2,1-4H3,(H,14,18)(H,16,17). The number of nitrogens with zero attached hydrogens (tertiary/aromatic N) is 1. The molecular weight excluding hydrogens is 232 g/mol. The van der Waals surface area contributed by atoms with Gasteiger partial charge in [-0.05, 0) is 19.8 Å². The van der Waals surface area contributed by atoms with E-state index in [0.717, 1.165) is 12.8 Å². The number of rotatable bonds is 8. The SMILES string of the molecule is CCC(CC)CNC(=O)N(CCC(=O)O)C(C)C. The quantitative estimate of drug-likeness (QED) is 0.702. The Kier molecular flexibility index (Phi) is 8.16. The fourth-order valence-electron chi connectivity index (χ4n) is 1.72. The smallest absolute Gasteiger partial charge is 0.317 e. The van der Waals surface area contributed by atoms with Gasteiger partial charge in [0.05, 0.1) is 6.42 Å². The van der Waals surface area contributed by atoms with Gasteiger partial charge in [0, 0.05) is 19.1 Å². The molecule has 0 heterocycles. The van der Waals surface area contributed by atoms with E-state index in [2.05, 4.69) is 19.2 Å². The van der Waals surface area contributed by atoms with Crippen molar-refractivity contribution in [2.24, 2.45) is 5.92 Å². The van der Waals surface area contributed by atoms with Crippen molar-refractivity contribution in [1.82, 2.24) is 10.2 Å². The highest BCUT2D eigenvalue weighted by molar-refractivity contribution is 5.75. The molecule has 0 aliphatic rings. The second-order valence-electron chi connectivity index (χ2n) is 4.80. The Labute approximate surface area is 110 Å². The molecule has 0 saturated heterocycles. The zero-order valence-corrected chi connectivity index (χ0v) is 11.9. The van der Waals surface area contributed by atoms with Gasteiger partial charge in [-0.15, -0.1) is 0 Å². The van der Waals surface area contributed by atoms with Crippen LogP contribution in [0, 0.1) is 5.92 Å². The molecule has 0 aromatic carbocycles. The molecule has 0 bridgehead atoms. The molecule has 106 valence electrons. The lowest BCUT2D eigenvalue weighted by molar-refractivity contribution is -0.137. The molecule has 0 unspecified atom stereocenters. The fraction of sp³-hybridized carbons (Fsp3) is 0.846. The Morgan fingerprint density at radius 3 is 2.17 bits per heavy atom. The van der Waals surface area contributed by atoms with Gasteiger partial charge in [-0.1, -0.05) is 26.7 Å². The summed E-state index contributed by atoms with van der Waals surface area (Å²) in [7, 11) is 0. The molecule has 0 radical (unpaired) electrons. The van der Waals surface area contributed by atoms with Crippen molar-refractivity contribution in [3.8, 4) is 0 Å². The van der Waals surface area contributed by atoms with Crippen molar-refractivity contribution in [2.45, 2.75) is 53.0 Å². The van der Waals surface area contributed by atoms with E-state index in [0.29, 0.717) is 12.5 Å². The molecule has 0 aromatic heterocycles. The monoisotopic (exact) mass is 258 g/mol. The number of carbonyl (C=O) groups excluding carboxylic acids is 1. The third kappa shape index (κ3) is 6.47. The summed E-state index contributed by atoms with van der Waals surface area (Å²) in [6.07, 6.45) is 2.05. The van der Waals surface area contributed by atoms with E-state index < -0.39 is 5.97 Å². The van der Waals surface area contributed by atoms with E-state index in [-0.39, 0.29) is 25.0 Å². The predicted octanol–water partition coefficient (Wildman–Crippen LogP) is 2.32. The van der Waals surface area contributed by atoms with E-state index in [1.807, 2.05) is 13.8 Å². The summed E-state index contributed by atoms with van der Waals surface area (Å²) in [5, 5.41) is 11.5. The number of carboxylic acid groups (broad SMARTS) is 1. The van der Waals surface area contributed by atoms with Gasteiger partial charge in [0.1, 0.15) is 0 Å². The summed E-state index contributed by atoms with van der Waals surface area (Å²) in [6, 6.07) is -0.163. The van der Waals surface area contributed by atoms with Crippen LogP contribution < -0.4 is 5.32 Å². The molecule has 0 rings (SSSR count). The second kappa shape index (κ2) is 8.78. The molecule has 2 N–H and O–H groups in total. The molecule has 18 heavy (non-hydrogen) atoms. The molecular formula is C13H26N2O3. The van der Waals surface area contributed by atoms with Gasteiger partial charge in [0.2, 0.25) is 0 Å². The third-order valence-corrected chi connectivity index (χ3v) is 3.15. The normalized spacial score (nSPS) is 10.8. The van der Waals surface area contributed by atoms with Crippen LogP contribution in [0.1, 0.15) is 47.0 Å². The molecule has 0 aromatic rings.